The molecule has 0 aliphatic carbocycles. The summed E-state index contributed by atoms with van der Waals surface area (Å²) in [4.78, 5) is 5.50. The predicted octanol–water partition coefficient (Wildman–Crippen LogP) is 6.07. The molecule has 0 fully saturated rings. The maximum atomic E-state index is 9.43. The summed E-state index contributed by atoms with van der Waals surface area (Å²) in [6.07, 6.45) is 1.74. The van der Waals surface area contributed by atoms with E-state index < -0.39 is 0 Å². The number of hydrogen-bond acceptors (Lipinski definition) is 5. The lowest BCUT2D eigenvalue weighted by Gasteiger charge is -2.06. The molecule has 0 aliphatic rings. The molecule has 132 valence electrons. The van der Waals surface area contributed by atoms with Gasteiger partial charge in [-0.2, -0.15) is 0 Å². The lowest BCUT2D eigenvalue weighted by Crippen LogP contribution is -1.87. The molecule has 0 aliphatic heterocycles. The third-order valence-electron chi connectivity index (χ3n) is 3.64. The number of fused-ring (bicyclic) bond motifs is 1. The molecular formula is C21H20N2O2S. The second kappa shape index (κ2) is 7.89. The molecule has 2 aromatic heterocycles. The van der Waals surface area contributed by atoms with E-state index in [1.54, 1.807) is 29.7 Å². The van der Waals surface area contributed by atoms with Gasteiger partial charge in [0.1, 0.15) is 17.2 Å². The summed E-state index contributed by atoms with van der Waals surface area (Å²) in [6.45, 7) is 4.00. The summed E-state index contributed by atoms with van der Waals surface area (Å²) in [5.41, 5.74) is 8.33. The Morgan fingerprint density at radius 1 is 0.962 bits per heavy atom. The maximum Gasteiger partial charge on any atom is 0.148 e. The lowest BCUT2D eigenvalue weighted by molar-refractivity contribution is 0.475. The van der Waals surface area contributed by atoms with Crippen molar-refractivity contribution in [1.29, 1.82) is 0 Å². The number of nitrogen functional groups attached to an aromatic ring is 1. The quantitative estimate of drug-likeness (QED) is 0.433. The van der Waals surface area contributed by atoms with Gasteiger partial charge < -0.3 is 15.6 Å². The van der Waals surface area contributed by atoms with Gasteiger partial charge in [-0.25, -0.2) is 0 Å². The molecule has 3 N–H and O–H groups in total. The van der Waals surface area contributed by atoms with Crippen LogP contribution in [0.15, 0.2) is 66.9 Å². The van der Waals surface area contributed by atoms with E-state index in [9.17, 15) is 5.11 Å². The molecule has 26 heavy (non-hydrogen) atoms. The Morgan fingerprint density at radius 2 is 1.65 bits per heavy atom. The third-order valence-corrected chi connectivity index (χ3v) is 4.82. The highest BCUT2D eigenvalue weighted by Crippen LogP contribution is 2.39. The van der Waals surface area contributed by atoms with Crippen molar-refractivity contribution < 1.29 is 9.84 Å². The number of rotatable bonds is 3. The van der Waals surface area contributed by atoms with E-state index in [0.29, 0.717) is 5.69 Å². The number of phenols is 1. The van der Waals surface area contributed by atoms with Gasteiger partial charge in [-0.15, -0.1) is 11.3 Å². The van der Waals surface area contributed by atoms with E-state index >= 15 is 0 Å². The molecule has 2 heterocycles. The Hall–Kier alpha value is -3.05. The van der Waals surface area contributed by atoms with Gasteiger partial charge in [0.25, 0.3) is 0 Å². The molecule has 0 saturated heterocycles. The van der Waals surface area contributed by atoms with Gasteiger partial charge in [0.05, 0.1) is 10.2 Å². The van der Waals surface area contributed by atoms with Crippen LogP contribution in [0, 0.1) is 0 Å². The summed E-state index contributed by atoms with van der Waals surface area (Å²) < 4.78 is 6.97. The standard InChI is InChI=1S/C19H14N2O2S.C2H6/c20-13-3-7-15(8-4-13)23-17-9-10-21-16-11-18(24-19(16)17)12-1-5-14(22)6-2-12;1-2/h1-11,22H,20H2;1-2H3. The highest BCUT2D eigenvalue weighted by atomic mass is 32.1. The van der Waals surface area contributed by atoms with Gasteiger partial charge in [-0.1, -0.05) is 13.8 Å². The van der Waals surface area contributed by atoms with Crippen molar-refractivity contribution in [3.05, 3.63) is 66.9 Å². The van der Waals surface area contributed by atoms with Crippen LogP contribution in [-0.4, -0.2) is 10.1 Å². The van der Waals surface area contributed by atoms with Gasteiger partial charge >= 0.3 is 0 Å². The fraction of sp³-hybridized carbons (Fsp3) is 0.0952. The van der Waals surface area contributed by atoms with Crippen molar-refractivity contribution in [3.63, 3.8) is 0 Å². The van der Waals surface area contributed by atoms with E-state index in [1.807, 2.05) is 62.4 Å². The molecule has 0 unspecified atom stereocenters. The number of nitrogens with two attached hydrogens (primary N) is 1. The predicted molar refractivity (Wildman–Crippen MR) is 109 cm³/mol. The molecule has 0 radical (unpaired) electrons. The highest BCUT2D eigenvalue weighted by Gasteiger charge is 2.11. The van der Waals surface area contributed by atoms with Crippen LogP contribution in [0.1, 0.15) is 13.8 Å². The zero-order chi connectivity index (χ0) is 18.5. The average molecular weight is 364 g/mol. The fourth-order valence-corrected chi connectivity index (χ4v) is 3.50. The molecule has 0 atom stereocenters. The largest absolute Gasteiger partial charge is 0.508 e. The molecule has 4 nitrogen and oxygen atoms in total. The molecule has 4 aromatic rings. The summed E-state index contributed by atoms with van der Waals surface area (Å²) in [6, 6.07) is 18.3. The van der Waals surface area contributed by atoms with Crippen LogP contribution in [0.5, 0.6) is 17.2 Å². The zero-order valence-electron chi connectivity index (χ0n) is 14.6. The van der Waals surface area contributed by atoms with E-state index in [0.717, 1.165) is 32.2 Å². The molecule has 0 amide bonds. The van der Waals surface area contributed by atoms with E-state index in [2.05, 4.69) is 4.98 Å². The van der Waals surface area contributed by atoms with Crippen molar-refractivity contribution in [2.75, 3.05) is 5.73 Å². The van der Waals surface area contributed by atoms with Crippen molar-refractivity contribution in [3.8, 4) is 27.7 Å². The molecular weight excluding hydrogens is 344 g/mol. The normalized spacial score (nSPS) is 10.2. The monoisotopic (exact) mass is 364 g/mol. The second-order valence-corrected chi connectivity index (χ2v) is 6.40. The Balaban J connectivity index is 0.000000948. The Kier molecular flexibility index (Phi) is 5.39. The first-order chi connectivity index (χ1) is 12.7. The number of hydrogen-bond donors (Lipinski definition) is 2. The molecule has 2 aromatic carbocycles. The van der Waals surface area contributed by atoms with Crippen LogP contribution in [0.4, 0.5) is 5.69 Å². The topological polar surface area (TPSA) is 68.4 Å². The van der Waals surface area contributed by atoms with Crippen LogP contribution in [0.2, 0.25) is 0 Å². The number of pyridine rings is 1. The number of phenolic OH excluding ortho intramolecular Hbond substituents is 1. The number of ether oxygens (including phenoxy) is 1. The second-order valence-electron chi connectivity index (χ2n) is 5.35. The first-order valence-corrected chi connectivity index (χ1v) is 9.22. The van der Waals surface area contributed by atoms with Crippen molar-refractivity contribution in [2.24, 2.45) is 0 Å². The minimum absolute atomic E-state index is 0.255. The summed E-state index contributed by atoms with van der Waals surface area (Å²) >= 11 is 1.61. The minimum atomic E-state index is 0.255. The first-order valence-electron chi connectivity index (χ1n) is 8.40. The van der Waals surface area contributed by atoms with E-state index in [1.165, 1.54) is 0 Å². The highest BCUT2D eigenvalue weighted by molar-refractivity contribution is 7.22. The summed E-state index contributed by atoms with van der Waals surface area (Å²) in [5.74, 6) is 1.75. The Labute approximate surface area is 156 Å². The Bertz CT molecular complexity index is 993. The average Bonchev–Trinajstić information content (AvgIpc) is 3.11. The lowest BCUT2D eigenvalue weighted by atomic mass is 10.2. The van der Waals surface area contributed by atoms with Crippen molar-refractivity contribution >= 4 is 27.2 Å². The molecule has 4 rings (SSSR count). The molecule has 0 saturated carbocycles. The summed E-state index contributed by atoms with van der Waals surface area (Å²) in [5, 5.41) is 9.43. The number of benzene rings is 2. The number of thiophene rings is 1. The van der Waals surface area contributed by atoms with Gasteiger partial charge in [0.15, 0.2) is 0 Å². The SMILES string of the molecule is CC.Nc1ccc(Oc2ccnc3cc(-c4ccc(O)cc4)sc23)cc1. The van der Waals surface area contributed by atoms with Crippen LogP contribution >= 0.6 is 11.3 Å². The number of nitrogens with zero attached hydrogens (tertiary/aromatic N) is 1. The summed E-state index contributed by atoms with van der Waals surface area (Å²) in [7, 11) is 0. The van der Waals surface area contributed by atoms with Gasteiger partial charge in [-0.3, -0.25) is 4.98 Å². The van der Waals surface area contributed by atoms with Crippen LogP contribution in [0.25, 0.3) is 20.7 Å². The minimum Gasteiger partial charge on any atom is -0.508 e. The first kappa shape index (κ1) is 17.8. The molecule has 5 heteroatoms. The molecule has 0 bridgehead atoms. The van der Waals surface area contributed by atoms with Crippen molar-refractivity contribution in [1.82, 2.24) is 4.98 Å². The van der Waals surface area contributed by atoms with Crippen molar-refractivity contribution in [2.45, 2.75) is 13.8 Å². The van der Waals surface area contributed by atoms with Crippen LogP contribution < -0.4 is 10.5 Å². The maximum absolute atomic E-state index is 9.43. The van der Waals surface area contributed by atoms with Gasteiger partial charge in [0, 0.05) is 22.8 Å². The van der Waals surface area contributed by atoms with Crippen LogP contribution in [0.3, 0.4) is 0 Å². The zero-order valence-corrected chi connectivity index (χ0v) is 15.5. The smallest absolute Gasteiger partial charge is 0.148 e. The van der Waals surface area contributed by atoms with Gasteiger partial charge in [-0.05, 0) is 60.2 Å². The van der Waals surface area contributed by atoms with Crippen LogP contribution in [-0.2, 0) is 0 Å². The molecule has 0 spiro atoms. The Morgan fingerprint density at radius 3 is 2.35 bits per heavy atom. The van der Waals surface area contributed by atoms with E-state index in [4.69, 9.17) is 10.5 Å². The fourth-order valence-electron chi connectivity index (χ4n) is 2.43. The number of aromatic nitrogens is 1. The number of anilines is 1. The third kappa shape index (κ3) is 3.78. The van der Waals surface area contributed by atoms with Gasteiger partial charge in [0.2, 0.25) is 0 Å². The number of aromatic hydroxyl groups is 1. The van der Waals surface area contributed by atoms with E-state index in [-0.39, 0.29) is 5.75 Å².